The Morgan fingerprint density at radius 1 is 1.00 bits per heavy atom. The average molecular weight is 280 g/mol. The van der Waals surface area contributed by atoms with E-state index in [9.17, 15) is 18.0 Å². The van der Waals surface area contributed by atoms with E-state index >= 15 is 0 Å². The fourth-order valence-electron chi connectivity index (χ4n) is 1.99. The smallest absolute Gasteiger partial charge is 0.405 e. The Morgan fingerprint density at radius 2 is 1.65 bits per heavy atom. The predicted molar refractivity (Wildman–Crippen MR) is 68.7 cm³/mol. The first-order valence-electron chi connectivity index (χ1n) is 5.82. The van der Waals surface area contributed by atoms with E-state index in [0.717, 1.165) is 11.6 Å². The summed E-state index contributed by atoms with van der Waals surface area (Å²) < 4.78 is 40.9. The van der Waals surface area contributed by atoms with Crippen molar-refractivity contribution in [2.75, 3.05) is 0 Å². The Hall–Kier alpha value is -2.30. The summed E-state index contributed by atoms with van der Waals surface area (Å²) in [6, 6.07) is 11.3. The van der Waals surface area contributed by atoms with Crippen molar-refractivity contribution in [2.45, 2.75) is 13.3 Å². The maximum Gasteiger partial charge on any atom is 0.573 e. The molecule has 0 aliphatic rings. The summed E-state index contributed by atoms with van der Waals surface area (Å²) in [5, 5.41) is 0. The molecule has 5 heteroatoms. The third-order valence-corrected chi connectivity index (χ3v) is 2.84. The quantitative estimate of drug-likeness (QED) is 0.780. The first kappa shape index (κ1) is 14.1. The Morgan fingerprint density at radius 3 is 2.25 bits per heavy atom. The number of halogens is 3. The van der Waals surface area contributed by atoms with Crippen molar-refractivity contribution >= 4 is 6.29 Å². The average Bonchev–Trinajstić information content (AvgIpc) is 2.37. The number of hydrogen-bond donors (Lipinski definition) is 0. The maximum absolute atomic E-state index is 12.3. The van der Waals surface area contributed by atoms with Gasteiger partial charge in [-0.3, -0.25) is 4.79 Å². The summed E-state index contributed by atoms with van der Waals surface area (Å²) in [4.78, 5) is 11.2. The molecule has 2 nitrogen and oxygen atoms in total. The van der Waals surface area contributed by atoms with Crippen LogP contribution in [0.5, 0.6) is 5.75 Å². The van der Waals surface area contributed by atoms with Crippen molar-refractivity contribution < 1.29 is 22.7 Å². The topological polar surface area (TPSA) is 26.3 Å². The molecule has 0 atom stereocenters. The third kappa shape index (κ3) is 2.99. The van der Waals surface area contributed by atoms with E-state index in [1.54, 1.807) is 18.2 Å². The SMILES string of the molecule is Cc1ccccc1-c1cccc(OC(F)(F)F)c1C=O. The van der Waals surface area contributed by atoms with Crippen LogP contribution in [0.2, 0.25) is 0 Å². The Balaban J connectivity index is 2.58. The summed E-state index contributed by atoms with van der Waals surface area (Å²) in [7, 11) is 0. The van der Waals surface area contributed by atoms with Gasteiger partial charge in [-0.15, -0.1) is 13.2 Å². The van der Waals surface area contributed by atoms with Crippen LogP contribution in [0.3, 0.4) is 0 Å². The van der Waals surface area contributed by atoms with E-state index in [4.69, 9.17) is 0 Å². The number of benzene rings is 2. The molecule has 20 heavy (non-hydrogen) atoms. The van der Waals surface area contributed by atoms with Crippen molar-refractivity contribution in [1.82, 2.24) is 0 Å². The van der Waals surface area contributed by atoms with Gasteiger partial charge in [-0.25, -0.2) is 0 Å². The number of ether oxygens (including phenoxy) is 1. The molecule has 0 N–H and O–H groups in total. The summed E-state index contributed by atoms with van der Waals surface area (Å²) in [5.41, 5.74) is 1.86. The van der Waals surface area contributed by atoms with Crippen LogP contribution in [0.25, 0.3) is 11.1 Å². The second-order valence-corrected chi connectivity index (χ2v) is 4.20. The first-order valence-corrected chi connectivity index (χ1v) is 5.82. The summed E-state index contributed by atoms with van der Waals surface area (Å²) in [6.07, 6.45) is -4.45. The van der Waals surface area contributed by atoms with Crippen molar-refractivity contribution in [2.24, 2.45) is 0 Å². The number of carbonyl (C=O) groups is 1. The molecular weight excluding hydrogens is 269 g/mol. The predicted octanol–water partition coefficient (Wildman–Crippen LogP) is 4.37. The van der Waals surface area contributed by atoms with Crippen LogP contribution < -0.4 is 4.74 Å². The van der Waals surface area contributed by atoms with Crippen molar-refractivity contribution in [3.63, 3.8) is 0 Å². The minimum absolute atomic E-state index is 0.112. The highest BCUT2D eigenvalue weighted by Gasteiger charge is 2.32. The standard InChI is InChI=1S/C15H11F3O2/c1-10-5-2-3-6-11(10)12-7-4-8-14(13(12)9-19)20-15(16,17)18/h2-9H,1H3. The van der Waals surface area contributed by atoms with Crippen molar-refractivity contribution in [1.29, 1.82) is 0 Å². The lowest BCUT2D eigenvalue weighted by molar-refractivity contribution is -0.274. The summed E-state index contributed by atoms with van der Waals surface area (Å²) >= 11 is 0. The third-order valence-electron chi connectivity index (χ3n) is 2.84. The van der Waals surface area contributed by atoms with Crippen molar-refractivity contribution in [3.8, 4) is 16.9 Å². The highest BCUT2D eigenvalue weighted by atomic mass is 19.4. The lowest BCUT2D eigenvalue weighted by Crippen LogP contribution is -2.18. The van der Waals surface area contributed by atoms with Gasteiger partial charge >= 0.3 is 6.36 Å². The van der Waals surface area contributed by atoms with Crippen LogP contribution in [0.4, 0.5) is 13.2 Å². The van der Waals surface area contributed by atoms with Crippen LogP contribution in [0.1, 0.15) is 15.9 Å². The molecular formula is C15H11F3O2. The van der Waals surface area contributed by atoms with Gasteiger partial charge in [-0.1, -0.05) is 36.4 Å². The molecule has 0 saturated heterocycles. The number of alkyl halides is 3. The second kappa shape index (κ2) is 5.36. The minimum atomic E-state index is -4.83. The molecule has 0 aliphatic heterocycles. The summed E-state index contributed by atoms with van der Waals surface area (Å²) in [5.74, 6) is -0.492. The summed E-state index contributed by atoms with van der Waals surface area (Å²) in [6.45, 7) is 1.82. The van der Waals surface area contributed by atoms with E-state index in [1.807, 2.05) is 19.1 Å². The molecule has 0 fully saturated rings. The van der Waals surface area contributed by atoms with Gasteiger partial charge in [0.25, 0.3) is 0 Å². The van der Waals surface area contributed by atoms with Crippen molar-refractivity contribution in [3.05, 3.63) is 53.6 Å². The molecule has 0 bridgehead atoms. The minimum Gasteiger partial charge on any atom is -0.405 e. The monoisotopic (exact) mass is 280 g/mol. The number of aryl methyl sites for hydroxylation is 1. The number of carbonyl (C=O) groups excluding carboxylic acids is 1. The Kier molecular flexibility index (Phi) is 3.79. The molecule has 0 unspecified atom stereocenters. The van der Waals surface area contributed by atoms with Crippen LogP contribution in [-0.4, -0.2) is 12.6 Å². The number of rotatable bonds is 3. The molecule has 2 rings (SSSR count). The molecule has 0 aliphatic carbocycles. The second-order valence-electron chi connectivity index (χ2n) is 4.20. The van der Waals surface area contributed by atoms with E-state index in [-0.39, 0.29) is 5.56 Å². The molecule has 0 amide bonds. The zero-order valence-corrected chi connectivity index (χ0v) is 10.6. The molecule has 2 aromatic rings. The fourth-order valence-corrected chi connectivity index (χ4v) is 1.99. The van der Waals surface area contributed by atoms with Crippen LogP contribution in [-0.2, 0) is 0 Å². The van der Waals surface area contributed by atoms with Crippen LogP contribution >= 0.6 is 0 Å². The van der Waals surface area contributed by atoms with E-state index in [1.165, 1.54) is 6.07 Å². The molecule has 0 aromatic heterocycles. The molecule has 0 radical (unpaired) electrons. The van der Waals surface area contributed by atoms with Gasteiger partial charge in [0.1, 0.15) is 5.75 Å². The van der Waals surface area contributed by atoms with Gasteiger partial charge in [0.05, 0.1) is 5.56 Å². The lowest BCUT2D eigenvalue weighted by atomic mass is 9.96. The lowest BCUT2D eigenvalue weighted by Gasteiger charge is -2.14. The van der Waals surface area contributed by atoms with E-state index in [2.05, 4.69) is 4.74 Å². The largest absolute Gasteiger partial charge is 0.573 e. The molecule has 0 heterocycles. The molecule has 2 aromatic carbocycles. The zero-order valence-electron chi connectivity index (χ0n) is 10.6. The van der Waals surface area contributed by atoms with Crippen LogP contribution in [0.15, 0.2) is 42.5 Å². The van der Waals surface area contributed by atoms with Gasteiger partial charge in [0.15, 0.2) is 6.29 Å². The Bertz CT molecular complexity index is 633. The van der Waals surface area contributed by atoms with Gasteiger partial charge in [0, 0.05) is 0 Å². The number of hydrogen-bond acceptors (Lipinski definition) is 2. The molecule has 0 spiro atoms. The van der Waals surface area contributed by atoms with Gasteiger partial charge < -0.3 is 4.74 Å². The molecule has 104 valence electrons. The first-order chi connectivity index (χ1) is 9.42. The van der Waals surface area contributed by atoms with E-state index < -0.39 is 12.1 Å². The highest BCUT2D eigenvalue weighted by molar-refractivity contribution is 5.91. The fraction of sp³-hybridized carbons (Fsp3) is 0.133. The zero-order chi connectivity index (χ0) is 14.8. The normalized spacial score (nSPS) is 11.2. The van der Waals surface area contributed by atoms with Gasteiger partial charge in [-0.2, -0.15) is 0 Å². The highest BCUT2D eigenvalue weighted by Crippen LogP contribution is 2.33. The van der Waals surface area contributed by atoms with Crippen LogP contribution in [0, 0.1) is 6.92 Å². The molecule has 0 saturated carbocycles. The maximum atomic E-state index is 12.3. The Labute approximate surface area is 113 Å². The van der Waals surface area contributed by atoms with Gasteiger partial charge in [-0.05, 0) is 29.7 Å². The number of aldehydes is 1. The van der Waals surface area contributed by atoms with Gasteiger partial charge in [0.2, 0.25) is 0 Å². The van der Waals surface area contributed by atoms with E-state index in [0.29, 0.717) is 17.4 Å².